The Morgan fingerprint density at radius 3 is 2.82 bits per heavy atom. The van der Waals surface area contributed by atoms with Crippen molar-refractivity contribution in [2.24, 2.45) is 0 Å². The van der Waals surface area contributed by atoms with Gasteiger partial charge in [-0.1, -0.05) is 0 Å². The van der Waals surface area contributed by atoms with Crippen molar-refractivity contribution < 1.29 is 9.50 Å². The minimum atomic E-state index is -1.06. The smallest absolute Gasteiger partial charge is 0.128 e. The van der Waals surface area contributed by atoms with Crippen LogP contribution in [0, 0.1) is 12.7 Å². The second kappa shape index (κ2) is 6.39. The predicted octanol–water partition coefficient (Wildman–Crippen LogP) is 4.08. The predicted molar refractivity (Wildman–Crippen MR) is 108 cm³/mol. The van der Waals surface area contributed by atoms with E-state index in [2.05, 4.69) is 14.5 Å². The molecule has 0 saturated carbocycles. The molecule has 0 radical (unpaired) electrons. The van der Waals surface area contributed by atoms with Crippen molar-refractivity contribution in [3.63, 3.8) is 0 Å². The monoisotopic (exact) mass is 379 g/mol. The molecular weight excluding hydrogens is 353 g/mol. The summed E-state index contributed by atoms with van der Waals surface area (Å²) in [5.41, 5.74) is 3.96. The van der Waals surface area contributed by atoms with Crippen LogP contribution in [0.4, 0.5) is 4.39 Å². The number of aliphatic hydroxyl groups is 1. The van der Waals surface area contributed by atoms with Gasteiger partial charge in [0.1, 0.15) is 11.4 Å². The molecule has 3 aromatic rings. The standard InChI is InChI=1S/C23H26FN3O/c1-15-12-17-21(13-18(15)24)27(14-23(2,28)16-5-8-25-9-6-16)20-7-11-26-10-3-4-19(26)22(17)20/h5-6,8-9,12-13,19,28H,3-4,7,10-11,14H2,1-2H3. The van der Waals surface area contributed by atoms with Crippen molar-refractivity contribution in [3.05, 3.63) is 64.9 Å². The van der Waals surface area contributed by atoms with Crippen LogP contribution in [0.5, 0.6) is 0 Å². The first-order chi connectivity index (χ1) is 13.5. The van der Waals surface area contributed by atoms with E-state index in [-0.39, 0.29) is 5.82 Å². The van der Waals surface area contributed by atoms with Gasteiger partial charge in [-0.15, -0.1) is 0 Å². The lowest BCUT2D eigenvalue weighted by Gasteiger charge is -2.32. The average Bonchev–Trinajstić information content (AvgIpc) is 3.26. The quantitative estimate of drug-likeness (QED) is 0.745. The Morgan fingerprint density at radius 2 is 2.04 bits per heavy atom. The molecule has 5 heteroatoms. The highest BCUT2D eigenvalue weighted by atomic mass is 19.1. The number of aromatic nitrogens is 2. The second-order valence-electron chi connectivity index (χ2n) is 8.52. The van der Waals surface area contributed by atoms with E-state index < -0.39 is 5.60 Å². The molecule has 0 spiro atoms. The summed E-state index contributed by atoms with van der Waals surface area (Å²) in [5, 5.41) is 12.4. The van der Waals surface area contributed by atoms with E-state index in [1.54, 1.807) is 18.5 Å². The Kier molecular flexibility index (Phi) is 4.07. The molecule has 4 heterocycles. The van der Waals surface area contributed by atoms with Gasteiger partial charge in [0.15, 0.2) is 0 Å². The first-order valence-corrected chi connectivity index (χ1v) is 10.1. The number of hydrogen-bond acceptors (Lipinski definition) is 3. The first kappa shape index (κ1) is 17.8. The van der Waals surface area contributed by atoms with E-state index in [1.807, 2.05) is 32.0 Å². The number of nitrogens with zero attached hydrogens (tertiary/aromatic N) is 3. The Morgan fingerprint density at radius 1 is 1.25 bits per heavy atom. The maximum Gasteiger partial charge on any atom is 0.128 e. The summed E-state index contributed by atoms with van der Waals surface area (Å²) in [6.07, 6.45) is 6.71. The summed E-state index contributed by atoms with van der Waals surface area (Å²) in [7, 11) is 0. The summed E-state index contributed by atoms with van der Waals surface area (Å²) in [4.78, 5) is 6.62. The zero-order valence-electron chi connectivity index (χ0n) is 16.5. The third kappa shape index (κ3) is 2.68. The second-order valence-corrected chi connectivity index (χ2v) is 8.52. The zero-order chi connectivity index (χ0) is 19.5. The largest absolute Gasteiger partial charge is 0.384 e. The van der Waals surface area contributed by atoms with Crippen molar-refractivity contribution in [1.29, 1.82) is 0 Å². The van der Waals surface area contributed by atoms with Gasteiger partial charge in [-0.2, -0.15) is 0 Å². The molecule has 0 amide bonds. The molecule has 1 fully saturated rings. The van der Waals surface area contributed by atoms with Crippen LogP contribution < -0.4 is 0 Å². The lowest BCUT2D eigenvalue weighted by Crippen LogP contribution is -2.33. The van der Waals surface area contributed by atoms with Gasteiger partial charge in [0.25, 0.3) is 0 Å². The molecule has 2 aliphatic heterocycles. The van der Waals surface area contributed by atoms with Gasteiger partial charge in [-0.05, 0) is 74.2 Å². The Bertz CT molecular complexity index is 1040. The first-order valence-electron chi connectivity index (χ1n) is 10.1. The topological polar surface area (TPSA) is 41.3 Å². The number of hydrogen-bond donors (Lipinski definition) is 1. The fraction of sp³-hybridized carbons (Fsp3) is 0.435. The van der Waals surface area contributed by atoms with Crippen LogP contribution in [-0.4, -0.2) is 32.6 Å². The fourth-order valence-corrected chi connectivity index (χ4v) is 5.16. The maximum atomic E-state index is 14.5. The van der Waals surface area contributed by atoms with Gasteiger partial charge in [0.05, 0.1) is 12.1 Å². The molecule has 1 N–H and O–H groups in total. The molecule has 1 aromatic carbocycles. The SMILES string of the molecule is Cc1cc2c3c(n(CC(C)(O)c4ccncc4)c2cc1F)CCN1CCCC31. The van der Waals surface area contributed by atoms with Gasteiger partial charge in [0, 0.05) is 42.5 Å². The van der Waals surface area contributed by atoms with Crippen LogP contribution in [0.3, 0.4) is 0 Å². The van der Waals surface area contributed by atoms with Crippen molar-refractivity contribution in [1.82, 2.24) is 14.5 Å². The molecule has 146 valence electrons. The molecule has 1 saturated heterocycles. The number of rotatable bonds is 3. The Labute approximate surface area is 164 Å². The summed E-state index contributed by atoms with van der Waals surface area (Å²) >= 11 is 0. The van der Waals surface area contributed by atoms with Crippen molar-refractivity contribution >= 4 is 10.9 Å². The molecule has 28 heavy (non-hydrogen) atoms. The molecule has 0 aliphatic carbocycles. The Balaban J connectivity index is 1.70. The van der Waals surface area contributed by atoms with E-state index in [9.17, 15) is 9.50 Å². The number of pyridine rings is 1. The normalized spacial score (nSPS) is 21.5. The molecule has 2 aromatic heterocycles. The molecule has 2 aliphatic rings. The summed E-state index contributed by atoms with van der Waals surface area (Å²) in [6.45, 7) is 6.24. The van der Waals surface area contributed by atoms with Gasteiger partial charge in [-0.25, -0.2) is 4.39 Å². The average molecular weight is 379 g/mol. The van der Waals surface area contributed by atoms with Crippen molar-refractivity contribution in [3.8, 4) is 0 Å². The molecule has 0 bridgehead atoms. The number of benzene rings is 1. The van der Waals surface area contributed by atoms with Crippen molar-refractivity contribution in [2.45, 2.75) is 51.3 Å². The number of halogens is 1. The van der Waals surface area contributed by atoms with Gasteiger partial charge < -0.3 is 9.67 Å². The highest BCUT2D eigenvalue weighted by Crippen LogP contribution is 2.44. The van der Waals surface area contributed by atoms with Gasteiger partial charge >= 0.3 is 0 Å². The Hall–Kier alpha value is -2.24. The lowest BCUT2D eigenvalue weighted by molar-refractivity contribution is 0.0382. The molecule has 2 atom stereocenters. The van der Waals surface area contributed by atoms with Crippen LogP contribution in [0.1, 0.15) is 48.2 Å². The van der Waals surface area contributed by atoms with Crippen molar-refractivity contribution in [2.75, 3.05) is 13.1 Å². The summed E-state index contributed by atoms with van der Waals surface area (Å²) < 4.78 is 16.7. The van der Waals surface area contributed by atoms with E-state index in [1.165, 1.54) is 17.7 Å². The van der Waals surface area contributed by atoms with Crippen LogP contribution in [0.15, 0.2) is 36.7 Å². The van der Waals surface area contributed by atoms with E-state index in [4.69, 9.17) is 0 Å². The minimum absolute atomic E-state index is 0.185. The van der Waals surface area contributed by atoms with Crippen LogP contribution in [0.2, 0.25) is 0 Å². The van der Waals surface area contributed by atoms with Gasteiger partial charge in [-0.3, -0.25) is 9.88 Å². The minimum Gasteiger partial charge on any atom is -0.384 e. The fourth-order valence-electron chi connectivity index (χ4n) is 5.16. The lowest BCUT2D eigenvalue weighted by atomic mass is 9.94. The highest BCUT2D eigenvalue weighted by molar-refractivity contribution is 5.87. The van der Waals surface area contributed by atoms with E-state index >= 15 is 0 Å². The van der Waals surface area contributed by atoms with Crippen LogP contribution in [0.25, 0.3) is 10.9 Å². The molecule has 2 unspecified atom stereocenters. The maximum absolute atomic E-state index is 14.5. The third-order valence-electron chi connectivity index (χ3n) is 6.60. The number of aryl methyl sites for hydroxylation is 1. The van der Waals surface area contributed by atoms with Crippen LogP contribution in [-0.2, 0) is 18.6 Å². The van der Waals surface area contributed by atoms with E-state index in [0.717, 1.165) is 42.4 Å². The summed E-state index contributed by atoms with van der Waals surface area (Å²) in [6, 6.07) is 7.78. The van der Waals surface area contributed by atoms with Gasteiger partial charge in [0.2, 0.25) is 0 Å². The zero-order valence-corrected chi connectivity index (χ0v) is 16.5. The molecule has 5 rings (SSSR count). The highest BCUT2D eigenvalue weighted by Gasteiger charge is 2.37. The van der Waals surface area contributed by atoms with Crippen LogP contribution >= 0.6 is 0 Å². The molecule has 4 nitrogen and oxygen atoms in total. The van der Waals surface area contributed by atoms with E-state index in [0.29, 0.717) is 18.2 Å². The summed E-state index contributed by atoms with van der Waals surface area (Å²) in [5.74, 6) is -0.185. The molecular formula is C23H26FN3O. The third-order valence-corrected chi connectivity index (χ3v) is 6.60. The number of fused-ring (bicyclic) bond motifs is 5.